The molecular weight excluding hydrogens is 380 g/mol. The lowest BCUT2D eigenvalue weighted by atomic mass is 10.4. The Bertz CT molecular complexity index is 717. The van der Waals surface area contributed by atoms with Crippen LogP contribution in [0.5, 0.6) is 0 Å². The van der Waals surface area contributed by atoms with Crippen LogP contribution < -0.4 is 16.2 Å². The van der Waals surface area contributed by atoms with Gasteiger partial charge in [-0.15, -0.1) is 12.4 Å². The van der Waals surface area contributed by atoms with Crippen molar-refractivity contribution in [3.63, 3.8) is 0 Å². The number of halogens is 1. The first-order chi connectivity index (χ1) is 11.9. The van der Waals surface area contributed by atoms with Crippen LogP contribution in [0.3, 0.4) is 0 Å². The molecule has 1 aromatic heterocycles. The van der Waals surface area contributed by atoms with Crippen LogP contribution in [0.25, 0.3) is 0 Å². The molecule has 0 saturated carbocycles. The first kappa shape index (κ1) is 24.6. The van der Waals surface area contributed by atoms with Crippen LogP contribution in [0.2, 0.25) is 0 Å². The summed E-state index contributed by atoms with van der Waals surface area (Å²) in [6.45, 7) is 7.97. The molecule has 0 fully saturated rings. The second kappa shape index (κ2) is 12.1. The Labute approximate surface area is 161 Å². The number of hydrogen-bond acceptors (Lipinski definition) is 5. The van der Waals surface area contributed by atoms with Crippen molar-refractivity contribution in [3.8, 4) is 0 Å². The molecule has 26 heavy (non-hydrogen) atoms. The van der Waals surface area contributed by atoms with E-state index in [-0.39, 0.29) is 29.8 Å². The van der Waals surface area contributed by atoms with Crippen molar-refractivity contribution < 1.29 is 13.2 Å². The number of carbonyl (C=O) groups excluding carboxylic acids is 1. The van der Waals surface area contributed by atoms with Gasteiger partial charge < -0.3 is 15.2 Å². The molecule has 10 heteroatoms. The van der Waals surface area contributed by atoms with Crippen LogP contribution in [0.1, 0.15) is 27.2 Å². The van der Waals surface area contributed by atoms with Gasteiger partial charge in [-0.1, -0.05) is 20.8 Å². The largest absolute Gasteiger partial charge is 0.353 e. The van der Waals surface area contributed by atoms with E-state index in [0.717, 1.165) is 17.5 Å². The van der Waals surface area contributed by atoms with E-state index in [9.17, 15) is 18.0 Å². The highest BCUT2D eigenvalue weighted by Crippen LogP contribution is 2.13. The summed E-state index contributed by atoms with van der Waals surface area (Å²) in [7, 11) is -3.67. The topological polar surface area (TPSA) is 101 Å². The van der Waals surface area contributed by atoms with Crippen LogP contribution in [0, 0.1) is 0 Å². The van der Waals surface area contributed by atoms with E-state index in [1.54, 1.807) is 13.8 Å². The Morgan fingerprint density at radius 3 is 2.35 bits per heavy atom. The average Bonchev–Trinajstić information content (AvgIpc) is 2.57. The molecule has 0 radical (unpaired) electrons. The van der Waals surface area contributed by atoms with E-state index >= 15 is 0 Å². The molecule has 0 spiro atoms. The summed E-state index contributed by atoms with van der Waals surface area (Å²) >= 11 is 0. The summed E-state index contributed by atoms with van der Waals surface area (Å²) < 4.78 is 27.5. The number of carbonyl (C=O) groups is 1. The van der Waals surface area contributed by atoms with Crippen molar-refractivity contribution in [3.05, 3.63) is 28.7 Å². The fourth-order valence-electron chi connectivity index (χ4n) is 2.30. The molecule has 1 heterocycles. The first-order valence-corrected chi connectivity index (χ1v) is 9.98. The number of nitrogens with one attached hydrogen (secondary N) is 2. The molecule has 0 unspecified atom stereocenters. The number of hydrogen-bond donors (Lipinski definition) is 2. The lowest BCUT2D eigenvalue weighted by Crippen LogP contribution is -2.37. The predicted octanol–water partition coefficient (Wildman–Crippen LogP) is 0.416. The maximum absolute atomic E-state index is 12.5. The second-order valence-electron chi connectivity index (χ2n) is 5.52. The van der Waals surface area contributed by atoms with Gasteiger partial charge in [0.1, 0.15) is 6.54 Å². The number of nitrogens with zero attached hydrogens (tertiary/aromatic N) is 2. The standard InChI is InChI=1S/C16H28N4O4S.ClH/c1-4-9-17-10-11-18-15(21)13-19-12-14(7-8-16(19)22)25(23,24)20(5-2)6-3;/h7-8,12,17H,4-6,9-11,13H2,1-3H3,(H,18,21);1H. The molecule has 0 aliphatic rings. The quantitative estimate of drug-likeness (QED) is 0.517. The SMILES string of the molecule is CCCNCCNC(=O)Cn1cc(S(=O)(=O)N(CC)CC)ccc1=O.Cl. The third-order valence-electron chi connectivity index (χ3n) is 3.66. The predicted molar refractivity (Wildman–Crippen MR) is 104 cm³/mol. The van der Waals surface area contributed by atoms with Crippen molar-refractivity contribution in [1.29, 1.82) is 0 Å². The molecule has 0 aliphatic carbocycles. The molecular formula is C16H29ClN4O4S. The third kappa shape index (κ3) is 7.06. The van der Waals surface area contributed by atoms with E-state index < -0.39 is 15.6 Å². The Hall–Kier alpha value is -1.42. The van der Waals surface area contributed by atoms with Crippen molar-refractivity contribution in [2.24, 2.45) is 0 Å². The van der Waals surface area contributed by atoms with Crippen LogP contribution >= 0.6 is 12.4 Å². The van der Waals surface area contributed by atoms with Gasteiger partial charge in [-0.05, 0) is 19.0 Å². The van der Waals surface area contributed by atoms with Gasteiger partial charge in [0.2, 0.25) is 15.9 Å². The normalized spacial score (nSPS) is 11.2. The monoisotopic (exact) mass is 408 g/mol. The molecule has 8 nitrogen and oxygen atoms in total. The average molecular weight is 409 g/mol. The summed E-state index contributed by atoms with van der Waals surface area (Å²) in [5.41, 5.74) is -0.419. The van der Waals surface area contributed by atoms with E-state index in [0.29, 0.717) is 26.2 Å². The van der Waals surface area contributed by atoms with Gasteiger partial charge in [-0.2, -0.15) is 4.31 Å². The minimum Gasteiger partial charge on any atom is -0.353 e. The molecule has 0 saturated heterocycles. The molecule has 2 N–H and O–H groups in total. The summed E-state index contributed by atoms with van der Waals surface area (Å²) in [6, 6.07) is 2.45. The zero-order valence-corrected chi connectivity index (χ0v) is 17.2. The van der Waals surface area contributed by atoms with Gasteiger partial charge in [-0.25, -0.2) is 8.42 Å². The van der Waals surface area contributed by atoms with Gasteiger partial charge in [0.15, 0.2) is 0 Å². The van der Waals surface area contributed by atoms with Gasteiger partial charge in [0.05, 0.1) is 4.90 Å². The summed E-state index contributed by atoms with van der Waals surface area (Å²) in [6.07, 6.45) is 2.24. The van der Waals surface area contributed by atoms with E-state index in [4.69, 9.17) is 0 Å². The fraction of sp³-hybridized carbons (Fsp3) is 0.625. The number of aromatic nitrogens is 1. The molecule has 0 atom stereocenters. The summed E-state index contributed by atoms with van der Waals surface area (Å²) in [5.74, 6) is -0.335. The molecule has 0 aliphatic heterocycles. The van der Waals surface area contributed by atoms with Crippen LogP contribution in [0.15, 0.2) is 28.0 Å². The molecule has 1 amide bonds. The highest BCUT2D eigenvalue weighted by molar-refractivity contribution is 7.89. The Morgan fingerprint density at radius 1 is 1.12 bits per heavy atom. The Balaban J connectivity index is 0.00000625. The summed E-state index contributed by atoms with van der Waals surface area (Å²) in [4.78, 5) is 23.9. The first-order valence-electron chi connectivity index (χ1n) is 8.54. The minimum atomic E-state index is -3.67. The van der Waals surface area contributed by atoms with Crippen molar-refractivity contribution in [1.82, 2.24) is 19.5 Å². The zero-order valence-electron chi connectivity index (χ0n) is 15.5. The number of amides is 1. The smallest absolute Gasteiger partial charge is 0.251 e. The number of rotatable bonds is 11. The molecule has 150 valence electrons. The number of sulfonamides is 1. The maximum Gasteiger partial charge on any atom is 0.251 e. The molecule has 1 rings (SSSR count). The van der Waals surface area contributed by atoms with Gasteiger partial charge in [0.25, 0.3) is 5.56 Å². The number of pyridine rings is 1. The van der Waals surface area contributed by atoms with E-state index in [1.165, 1.54) is 22.6 Å². The molecule has 0 bridgehead atoms. The fourth-order valence-corrected chi connectivity index (χ4v) is 3.78. The van der Waals surface area contributed by atoms with E-state index in [1.807, 2.05) is 0 Å². The van der Waals surface area contributed by atoms with E-state index in [2.05, 4.69) is 17.6 Å². The second-order valence-corrected chi connectivity index (χ2v) is 7.46. The van der Waals surface area contributed by atoms with Gasteiger partial charge in [0, 0.05) is 38.4 Å². The third-order valence-corrected chi connectivity index (χ3v) is 5.70. The highest BCUT2D eigenvalue weighted by atomic mass is 35.5. The van der Waals surface area contributed by atoms with Crippen molar-refractivity contribution in [2.75, 3.05) is 32.7 Å². The Morgan fingerprint density at radius 2 is 1.77 bits per heavy atom. The Kier molecular flexibility index (Phi) is 11.4. The highest BCUT2D eigenvalue weighted by Gasteiger charge is 2.22. The maximum atomic E-state index is 12.5. The van der Waals surface area contributed by atoms with Crippen LogP contribution in [-0.2, 0) is 21.4 Å². The van der Waals surface area contributed by atoms with Crippen LogP contribution in [0.4, 0.5) is 0 Å². The summed E-state index contributed by atoms with van der Waals surface area (Å²) in [5, 5.41) is 5.85. The van der Waals surface area contributed by atoms with Crippen molar-refractivity contribution in [2.45, 2.75) is 38.6 Å². The molecule has 0 aromatic carbocycles. The zero-order chi connectivity index (χ0) is 18.9. The van der Waals surface area contributed by atoms with Crippen molar-refractivity contribution >= 4 is 28.3 Å². The van der Waals surface area contributed by atoms with Gasteiger partial charge in [-0.3, -0.25) is 9.59 Å². The van der Waals surface area contributed by atoms with Gasteiger partial charge >= 0.3 is 0 Å². The van der Waals surface area contributed by atoms with Crippen LogP contribution in [-0.4, -0.2) is 55.9 Å². The lowest BCUT2D eigenvalue weighted by molar-refractivity contribution is -0.121. The minimum absolute atomic E-state index is 0. The lowest BCUT2D eigenvalue weighted by Gasteiger charge is -2.19. The molecule has 1 aromatic rings.